The number of nitrogens with zero attached hydrogens (tertiary/aromatic N) is 5. The highest BCUT2D eigenvalue weighted by Gasteiger charge is 2.14. The van der Waals surface area contributed by atoms with Gasteiger partial charge in [0.25, 0.3) is 5.69 Å². The van der Waals surface area contributed by atoms with E-state index in [1.165, 1.54) is 40.1 Å². The second-order valence-electron chi connectivity index (χ2n) is 5.74. The number of benzene rings is 1. The number of nitrogens with one attached hydrogen (secondary N) is 1. The van der Waals surface area contributed by atoms with E-state index in [2.05, 4.69) is 37.1 Å². The number of thiophene rings is 1. The predicted molar refractivity (Wildman–Crippen MR) is 112 cm³/mol. The monoisotopic (exact) mass is 446 g/mol. The molecular weight excluding hydrogens is 432 g/mol. The molecule has 3 aromatic heterocycles. The topological polar surface area (TPSA) is 120 Å². The fourth-order valence-corrected chi connectivity index (χ4v) is 4.72. The van der Waals surface area contributed by atoms with Crippen LogP contribution in [0.2, 0.25) is 0 Å². The highest BCUT2D eigenvalue weighted by molar-refractivity contribution is 8.00. The third kappa shape index (κ3) is 5.16. The molecule has 0 bridgehead atoms. The molecule has 29 heavy (non-hydrogen) atoms. The third-order valence-corrected chi connectivity index (χ3v) is 6.67. The first-order valence-electron chi connectivity index (χ1n) is 8.47. The van der Waals surface area contributed by atoms with Crippen LogP contribution in [0.1, 0.15) is 10.8 Å². The van der Waals surface area contributed by atoms with Crippen LogP contribution in [0.3, 0.4) is 0 Å². The zero-order valence-electron chi connectivity index (χ0n) is 14.8. The Kier molecular flexibility index (Phi) is 6.12. The smallest absolute Gasteiger partial charge is 0.270 e. The molecule has 0 spiro atoms. The first kappa shape index (κ1) is 19.5. The number of thioether (sulfide) groups is 1. The number of non-ortho nitro benzene ring substituents is 1. The van der Waals surface area contributed by atoms with Crippen LogP contribution in [0.15, 0.2) is 50.6 Å². The second-order valence-corrected chi connectivity index (χ2v) is 8.97. The lowest BCUT2D eigenvalue weighted by Gasteiger charge is -1.98. The zero-order chi connectivity index (χ0) is 20.1. The summed E-state index contributed by atoms with van der Waals surface area (Å²) in [5.41, 5.74) is 0.517. The molecule has 9 nitrogen and oxygen atoms in total. The second kappa shape index (κ2) is 9.11. The number of aromatic nitrogens is 4. The van der Waals surface area contributed by atoms with Crippen LogP contribution < -0.4 is 5.32 Å². The molecule has 148 valence electrons. The van der Waals surface area contributed by atoms with E-state index in [4.69, 9.17) is 4.52 Å². The van der Waals surface area contributed by atoms with Crippen LogP contribution in [0.4, 0.5) is 10.8 Å². The van der Waals surface area contributed by atoms with Crippen molar-refractivity contribution in [3.63, 3.8) is 0 Å². The van der Waals surface area contributed by atoms with Gasteiger partial charge in [-0.3, -0.25) is 10.1 Å². The molecule has 1 aromatic carbocycles. The Morgan fingerprint density at radius 1 is 1.24 bits per heavy atom. The van der Waals surface area contributed by atoms with E-state index < -0.39 is 4.92 Å². The molecule has 3 heterocycles. The van der Waals surface area contributed by atoms with Gasteiger partial charge in [-0.25, -0.2) is 0 Å². The van der Waals surface area contributed by atoms with Crippen molar-refractivity contribution in [2.45, 2.75) is 16.5 Å². The van der Waals surface area contributed by atoms with Crippen molar-refractivity contribution < 1.29 is 9.45 Å². The lowest BCUT2D eigenvalue weighted by atomic mass is 10.2. The van der Waals surface area contributed by atoms with Gasteiger partial charge in [0.1, 0.15) is 0 Å². The minimum absolute atomic E-state index is 0.0174. The summed E-state index contributed by atoms with van der Waals surface area (Å²) in [5, 5.41) is 29.2. The zero-order valence-corrected chi connectivity index (χ0v) is 17.3. The largest absolute Gasteiger partial charge is 0.360 e. The molecule has 0 saturated carbocycles. The van der Waals surface area contributed by atoms with Crippen molar-refractivity contribution in [2.24, 2.45) is 0 Å². The van der Waals surface area contributed by atoms with E-state index in [1.54, 1.807) is 23.5 Å². The van der Waals surface area contributed by atoms with Crippen molar-refractivity contribution >= 4 is 45.3 Å². The van der Waals surface area contributed by atoms with Crippen molar-refractivity contribution in [1.82, 2.24) is 20.3 Å². The number of nitro groups is 1. The van der Waals surface area contributed by atoms with Gasteiger partial charge in [-0.05, 0) is 17.9 Å². The number of nitro benzene ring substituents is 1. The summed E-state index contributed by atoms with van der Waals surface area (Å²) >= 11 is 4.65. The third-order valence-electron chi connectivity index (χ3n) is 3.74. The molecule has 0 unspecified atom stereocenters. The summed E-state index contributed by atoms with van der Waals surface area (Å²) in [5.74, 6) is 1.17. The van der Waals surface area contributed by atoms with Gasteiger partial charge < -0.3 is 9.84 Å². The van der Waals surface area contributed by atoms with E-state index >= 15 is 0 Å². The first-order chi connectivity index (χ1) is 14.2. The van der Waals surface area contributed by atoms with E-state index in [9.17, 15) is 10.1 Å². The van der Waals surface area contributed by atoms with Crippen molar-refractivity contribution in [2.75, 3.05) is 11.9 Å². The molecule has 1 N–H and O–H groups in total. The van der Waals surface area contributed by atoms with E-state index in [0.717, 1.165) is 22.4 Å². The number of hydrogen-bond donors (Lipinski definition) is 1. The molecule has 0 aliphatic carbocycles. The summed E-state index contributed by atoms with van der Waals surface area (Å²) in [6, 6.07) is 10.3. The number of hydrogen-bond acceptors (Lipinski definition) is 11. The van der Waals surface area contributed by atoms with E-state index in [1.807, 2.05) is 6.07 Å². The summed E-state index contributed by atoms with van der Waals surface area (Å²) in [7, 11) is 0. The maximum absolute atomic E-state index is 10.9. The highest BCUT2D eigenvalue weighted by Crippen LogP contribution is 2.29. The van der Waals surface area contributed by atoms with Crippen molar-refractivity contribution in [3.8, 4) is 11.4 Å². The molecule has 4 aromatic rings. The Morgan fingerprint density at radius 2 is 2.17 bits per heavy atom. The molecule has 0 saturated heterocycles. The van der Waals surface area contributed by atoms with Crippen LogP contribution in [0, 0.1) is 10.1 Å². The molecule has 0 amide bonds. The molecule has 0 fully saturated rings. The van der Waals surface area contributed by atoms with Crippen molar-refractivity contribution in [1.29, 1.82) is 0 Å². The van der Waals surface area contributed by atoms with Gasteiger partial charge in [0.2, 0.25) is 16.8 Å². The minimum atomic E-state index is -0.456. The summed E-state index contributed by atoms with van der Waals surface area (Å²) < 4.78 is 6.03. The molecule has 0 radical (unpaired) electrons. The van der Waals surface area contributed by atoms with Crippen LogP contribution in [-0.4, -0.2) is 31.8 Å². The maximum Gasteiger partial charge on any atom is 0.270 e. The Balaban J connectivity index is 1.30. The van der Waals surface area contributed by atoms with E-state index in [0.29, 0.717) is 23.0 Å². The Hall–Kier alpha value is -2.83. The average molecular weight is 447 g/mol. The van der Waals surface area contributed by atoms with Crippen LogP contribution in [0.5, 0.6) is 0 Å². The Bertz CT molecular complexity index is 1100. The quantitative estimate of drug-likeness (QED) is 0.225. The molecular formula is C17H14N6O3S3. The first-order valence-corrected chi connectivity index (χ1v) is 11.2. The van der Waals surface area contributed by atoms with Gasteiger partial charge in [0, 0.05) is 29.1 Å². The average Bonchev–Trinajstić information content (AvgIpc) is 3.49. The maximum atomic E-state index is 10.9. The van der Waals surface area contributed by atoms with Gasteiger partial charge in [0.05, 0.1) is 10.7 Å². The summed E-state index contributed by atoms with van der Waals surface area (Å²) in [6.07, 6.45) is 0.947. The van der Waals surface area contributed by atoms with E-state index in [-0.39, 0.29) is 5.69 Å². The van der Waals surface area contributed by atoms with Crippen LogP contribution in [0.25, 0.3) is 11.4 Å². The van der Waals surface area contributed by atoms with Gasteiger partial charge >= 0.3 is 0 Å². The Labute approximate surface area is 177 Å². The molecule has 0 aliphatic rings. The fraction of sp³-hybridized carbons (Fsp3) is 0.176. The molecule has 0 aliphatic heterocycles. The van der Waals surface area contributed by atoms with Gasteiger partial charge in [-0.15, -0.1) is 21.5 Å². The molecule has 4 rings (SSSR count). The fourth-order valence-electron chi connectivity index (χ4n) is 2.40. The lowest BCUT2D eigenvalue weighted by Crippen LogP contribution is -2.03. The summed E-state index contributed by atoms with van der Waals surface area (Å²) in [4.78, 5) is 16.1. The van der Waals surface area contributed by atoms with Gasteiger partial charge in [0.15, 0.2) is 4.34 Å². The minimum Gasteiger partial charge on any atom is -0.360 e. The van der Waals surface area contributed by atoms with Gasteiger partial charge in [-0.1, -0.05) is 46.5 Å². The molecule has 12 heteroatoms. The number of anilines is 1. The molecule has 0 atom stereocenters. The van der Waals surface area contributed by atoms with Crippen LogP contribution >= 0.6 is 34.4 Å². The van der Waals surface area contributed by atoms with Crippen LogP contribution in [-0.2, 0) is 12.2 Å². The Morgan fingerprint density at radius 3 is 3.00 bits per heavy atom. The summed E-state index contributed by atoms with van der Waals surface area (Å²) in [6.45, 7) is 0.802. The SMILES string of the molecule is O=[N+]([O-])c1cccc(-c2noc(CSc3nnc(NCCc4cccs4)s3)n2)c1. The normalized spacial score (nSPS) is 10.9. The lowest BCUT2D eigenvalue weighted by molar-refractivity contribution is -0.384. The van der Waals surface area contributed by atoms with Crippen molar-refractivity contribution in [3.05, 3.63) is 62.7 Å². The van der Waals surface area contributed by atoms with Gasteiger partial charge in [-0.2, -0.15) is 4.98 Å². The highest BCUT2D eigenvalue weighted by atomic mass is 32.2. The predicted octanol–water partition coefficient (Wildman–Crippen LogP) is 4.50. The number of rotatable bonds is 9. The standard InChI is InChI=1S/C17H14N6O3S3/c24-23(25)12-4-1-3-11(9-12)15-19-14(26-22-15)10-28-17-21-20-16(29-17)18-7-6-13-5-2-8-27-13/h1-5,8-9H,6-7,10H2,(H,18,20).